The zero-order chi connectivity index (χ0) is 20.6. The van der Waals surface area contributed by atoms with Crippen molar-refractivity contribution in [1.82, 2.24) is 0 Å². The predicted molar refractivity (Wildman–Crippen MR) is 119 cm³/mol. The second-order valence-corrected chi connectivity index (χ2v) is 6.62. The number of methoxy groups -OCH3 is 1. The molecule has 2 N–H and O–H groups in total. The molecule has 0 heterocycles. The number of rotatable bonds is 6. The van der Waals surface area contributed by atoms with Crippen LogP contribution in [0.1, 0.15) is 0 Å². The average Bonchev–Trinajstić information content (AvgIpc) is 2.74. The molecule has 0 aliphatic carbocycles. The third kappa shape index (κ3) is 5.73. The Bertz CT molecular complexity index is 1030. The van der Waals surface area contributed by atoms with E-state index in [4.69, 9.17) is 4.74 Å². The summed E-state index contributed by atoms with van der Waals surface area (Å²) in [4.78, 5) is 24.9. The Kier molecular flexibility index (Phi) is 6.71. The van der Waals surface area contributed by atoms with E-state index in [1.54, 1.807) is 43.5 Å². The van der Waals surface area contributed by atoms with Gasteiger partial charge in [-0.1, -0.05) is 30.3 Å². The van der Waals surface area contributed by atoms with Gasteiger partial charge in [-0.15, -0.1) is 12.6 Å². The van der Waals surface area contributed by atoms with Crippen LogP contribution in [0.25, 0.3) is 11.1 Å². The maximum absolute atomic E-state index is 12.1. The largest absolute Gasteiger partial charge is 0.497 e. The molecule has 0 bridgehead atoms. The summed E-state index contributed by atoms with van der Waals surface area (Å²) in [5.74, 6) is -0.0925. The normalized spacial score (nSPS) is 10.6. The van der Waals surface area contributed by atoms with Crippen molar-refractivity contribution in [3.05, 3.63) is 84.9 Å². The minimum absolute atomic E-state index is 0.391. The number of carbonyl (C=O) groups is 2. The number of hydrogen-bond donors (Lipinski definition) is 3. The first kappa shape index (κ1) is 20.2. The van der Waals surface area contributed by atoms with Gasteiger partial charge in [-0.05, 0) is 53.6 Å². The Morgan fingerprint density at radius 2 is 1.31 bits per heavy atom. The Labute approximate surface area is 174 Å². The standard InChI is InChI=1S/C23H20N2O3S/c1-28-19-12-10-18(11-13-19)25-23(27)15-14-22(26)24-17-8-6-16(7-9-17)20-4-2-3-5-21(20)29/h2-15,29H,1H3,(H,24,26)(H,25,27)/b15-14-. The van der Waals surface area contributed by atoms with E-state index in [1.807, 2.05) is 36.4 Å². The van der Waals surface area contributed by atoms with E-state index in [2.05, 4.69) is 23.3 Å². The molecule has 0 unspecified atom stereocenters. The van der Waals surface area contributed by atoms with Crippen LogP contribution >= 0.6 is 12.6 Å². The molecule has 146 valence electrons. The lowest BCUT2D eigenvalue weighted by atomic mass is 10.1. The Balaban J connectivity index is 1.55. The van der Waals surface area contributed by atoms with Crippen LogP contribution < -0.4 is 15.4 Å². The first-order valence-corrected chi connectivity index (χ1v) is 9.32. The number of hydrogen-bond acceptors (Lipinski definition) is 4. The first-order chi connectivity index (χ1) is 14.0. The van der Waals surface area contributed by atoms with Gasteiger partial charge in [0.15, 0.2) is 0 Å². The van der Waals surface area contributed by atoms with Gasteiger partial charge in [-0.25, -0.2) is 0 Å². The molecule has 6 heteroatoms. The fraction of sp³-hybridized carbons (Fsp3) is 0.0435. The second-order valence-electron chi connectivity index (χ2n) is 6.13. The summed E-state index contributed by atoms with van der Waals surface area (Å²) < 4.78 is 5.06. The van der Waals surface area contributed by atoms with Crippen molar-refractivity contribution in [2.75, 3.05) is 17.7 Å². The smallest absolute Gasteiger partial charge is 0.248 e. The van der Waals surface area contributed by atoms with Crippen molar-refractivity contribution in [2.45, 2.75) is 4.90 Å². The lowest BCUT2D eigenvalue weighted by Gasteiger charge is -2.07. The number of thiol groups is 1. The summed E-state index contributed by atoms with van der Waals surface area (Å²) in [5, 5.41) is 5.40. The molecule has 5 nitrogen and oxygen atoms in total. The highest BCUT2D eigenvalue weighted by molar-refractivity contribution is 7.80. The van der Waals surface area contributed by atoms with Crippen LogP contribution in [0.15, 0.2) is 89.8 Å². The maximum atomic E-state index is 12.1. The van der Waals surface area contributed by atoms with E-state index >= 15 is 0 Å². The molecule has 0 aliphatic heterocycles. The Morgan fingerprint density at radius 3 is 1.83 bits per heavy atom. The molecule has 3 rings (SSSR count). The highest BCUT2D eigenvalue weighted by Gasteiger charge is 2.04. The Hall–Kier alpha value is -3.51. The molecule has 29 heavy (non-hydrogen) atoms. The monoisotopic (exact) mass is 404 g/mol. The van der Waals surface area contributed by atoms with Crippen LogP contribution in [0, 0.1) is 0 Å². The zero-order valence-corrected chi connectivity index (χ0v) is 16.6. The lowest BCUT2D eigenvalue weighted by molar-refractivity contribution is -0.114. The predicted octanol–water partition coefficient (Wildman–Crippen LogP) is 4.78. The quantitative estimate of drug-likeness (QED) is 0.409. The number of benzene rings is 3. The molecule has 0 spiro atoms. The van der Waals surface area contributed by atoms with E-state index in [1.165, 1.54) is 12.2 Å². The number of amides is 2. The third-order valence-corrected chi connectivity index (χ3v) is 4.50. The van der Waals surface area contributed by atoms with Crippen LogP contribution in [0.4, 0.5) is 11.4 Å². The van der Waals surface area contributed by atoms with Crippen LogP contribution in [-0.2, 0) is 9.59 Å². The van der Waals surface area contributed by atoms with Gasteiger partial charge in [-0.2, -0.15) is 0 Å². The molecular weight excluding hydrogens is 384 g/mol. The van der Waals surface area contributed by atoms with Crippen LogP contribution in [-0.4, -0.2) is 18.9 Å². The van der Waals surface area contributed by atoms with Gasteiger partial charge in [-0.3, -0.25) is 9.59 Å². The van der Waals surface area contributed by atoms with Crippen molar-refractivity contribution in [3.8, 4) is 16.9 Å². The molecule has 0 aromatic heterocycles. The van der Waals surface area contributed by atoms with Gasteiger partial charge in [0, 0.05) is 28.4 Å². The van der Waals surface area contributed by atoms with Crippen LogP contribution in [0.5, 0.6) is 5.75 Å². The molecular formula is C23H20N2O3S. The molecule has 0 saturated carbocycles. The van der Waals surface area contributed by atoms with E-state index < -0.39 is 11.8 Å². The average molecular weight is 404 g/mol. The van der Waals surface area contributed by atoms with Crippen molar-refractivity contribution < 1.29 is 14.3 Å². The van der Waals surface area contributed by atoms with Gasteiger partial charge in [0.1, 0.15) is 5.75 Å². The van der Waals surface area contributed by atoms with Gasteiger partial charge < -0.3 is 15.4 Å². The van der Waals surface area contributed by atoms with Crippen LogP contribution in [0.3, 0.4) is 0 Å². The molecule has 3 aromatic rings. The fourth-order valence-electron chi connectivity index (χ4n) is 2.64. The molecule has 2 amide bonds. The van der Waals surface area contributed by atoms with E-state index in [0.717, 1.165) is 16.0 Å². The van der Waals surface area contributed by atoms with Gasteiger partial charge >= 0.3 is 0 Å². The summed E-state index contributed by atoms with van der Waals surface area (Å²) in [6.45, 7) is 0. The SMILES string of the molecule is COc1ccc(NC(=O)/C=C\C(=O)Nc2ccc(-c3ccccc3S)cc2)cc1. The molecule has 0 fully saturated rings. The van der Waals surface area contributed by atoms with E-state index in [0.29, 0.717) is 17.1 Å². The molecule has 0 radical (unpaired) electrons. The van der Waals surface area contributed by atoms with Crippen molar-refractivity contribution in [1.29, 1.82) is 0 Å². The highest BCUT2D eigenvalue weighted by Crippen LogP contribution is 2.27. The summed E-state index contributed by atoms with van der Waals surface area (Å²) >= 11 is 4.46. The number of carbonyl (C=O) groups excluding carboxylic acids is 2. The van der Waals surface area contributed by atoms with Gasteiger partial charge in [0.05, 0.1) is 7.11 Å². The Morgan fingerprint density at radius 1 is 0.793 bits per heavy atom. The number of anilines is 2. The van der Waals surface area contributed by atoms with Crippen molar-refractivity contribution in [2.24, 2.45) is 0 Å². The highest BCUT2D eigenvalue weighted by atomic mass is 32.1. The second kappa shape index (κ2) is 9.61. The van der Waals surface area contributed by atoms with Crippen molar-refractivity contribution >= 4 is 35.8 Å². The zero-order valence-electron chi connectivity index (χ0n) is 15.8. The summed E-state index contributed by atoms with van der Waals surface area (Å²) in [6, 6.07) is 22.1. The number of nitrogens with one attached hydrogen (secondary N) is 2. The van der Waals surface area contributed by atoms with Crippen LogP contribution in [0.2, 0.25) is 0 Å². The number of ether oxygens (including phenoxy) is 1. The van der Waals surface area contributed by atoms with Crippen molar-refractivity contribution in [3.63, 3.8) is 0 Å². The molecule has 0 atom stereocenters. The minimum atomic E-state index is -0.397. The van der Waals surface area contributed by atoms with Gasteiger partial charge in [0.25, 0.3) is 0 Å². The summed E-state index contributed by atoms with van der Waals surface area (Å²) in [7, 11) is 1.57. The summed E-state index contributed by atoms with van der Waals surface area (Å²) in [5.41, 5.74) is 3.27. The van der Waals surface area contributed by atoms with Gasteiger partial charge in [0.2, 0.25) is 11.8 Å². The molecule has 3 aromatic carbocycles. The summed E-state index contributed by atoms with van der Waals surface area (Å²) in [6.07, 6.45) is 2.38. The molecule has 0 saturated heterocycles. The fourth-order valence-corrected chi connectivity index (χ4v) is 2.93. The topological polar surface area (TPSA) is 67.4 Å². The maximum Gasteiger partial charge on any atom is 0.248 e. The molecule has 0 aliphatic rings. The first-order valence-electron chi connectivity index (χ1n) is 8.87. The van der Waals surface area contributed by atoms with E-state index in [-0.39, 0.29) is 0 Å². The third-order valence-electron chi connectivity index (χ3n) is 4.11. The van der Waals surface area contributed by atoms with E-state index in [9.17, 15) is 9.59 Å². The minimum Gasteiger partial charge on any atom is -0.497 e. The lowest BCUT2D eigenvalue weighted by Crippen LogP contribution is -2.12.